The summed E-state index contributed by atoms with van der Waals surface area (Å²) in [5.74, 6) is -1.04. The van der Waals surface area contributed by atoms with E-state index in [0.717, 1.165) is 0 Å². The van der Waals surface area contributed by atoms with Gasteiger partial charge in [0.05, 0.1) is 16.7 Å². The van der Waals surface area contributed by atoms with Crippen LogP contribution in [0, 0.1) is 0 Å². The third kappa shape index (κ3) is 3.36. The number of hydrogen-bond donors (Lipinski definition) is 0. The topological polar surface area (TPSA) is 79.6 Å². The van der Waals surface area contributed by atoms with Crippen molar-refractivity contribution in [1.29, 1.82) is 0 Å². The maximum absolute atomic E-state index is 12.3. The van der Waals surface area contributed by atoms with Gasteiger partial charge < -0.3 is 19.1 Å². The van der Waals surface area contributed by atoms with Crippen molar-refractivity contribution in [2.24, 2.45) is 0 Å². The first-order valence-electron chi connectivity index (χ1n) is 5.93. The Morgan fingerprint density at radius 3 is 2.57 bits per heavy atom. The van der Waals surface area contributed by atoms with E-state index in [2.05, 4.69) is 0 Å². The van der Waals surface area contributed by atoms with E-state index in [9.17, 15) is 14.7 Å². The molecule has 3 aromatic rings. The third-order valence-electron chi connectivity index (χ3n) is 2.90. The first-order chi connectivity index (χ1) is 9.65. The number of aliphatic carboxylic acids is 1. The Balaban J connectivity index is 0.00000161. The van der Waals surface area contributed by atoms with Crippen LogP contribution in [0.5, 0.6) is 5.75 Å². The zero-order chi connectivity index (χ0) is 14.1. The first-order valence-corrected chi connectivity index (χ1v) is 5.93. The molecule has 6 heteroatoms. The molecule has 0 N–H and O–H groups in total. The fourth-order valence-electron chi connectivity index (χ4n) is 2.01. The van der Waals surface area contributed by atoms with E-state index in [1.807, 2.05) is 0 Å². The van der Waals surface area contributed by atoms with Crippen molar-refractivity contribution < 1.29 is 70.4 Å². The molecule has 0 aliphatic carbocycles. The van der Waals surface area contributed by atoms with Crippen molar-refractivity contribution in [1.82, 2.24) is 0 Å². The number of benzene rings is 2. The van der Waals surface area contributed by atoms with E-state index >= 15 is 0 Å². The van der Waals surface area contributed by atoms with Crippen molar-refractivity contribution in [2.45, 2.75) is 0 Å². The van der Waals surface area contributed by atoms with Crippen LogP contribution in [0.1, 0.15) is 0 Å². The Labute approximate surface area is 161 Å². The van der Waals surface area contributed by atoms with Crippen molar-refractivity contribution in [3.05, 3.63) is 52.7 Å². The molecule has 3 rings (SSSR count). The Bertz CT molecular complexity index is 869. The number of carbonyl (C=O) groups excluding carboxylic acids is 1. The van der Waals surface area contributed by atoms with Gasteiger partial charge in [-0.25, -0.2) is 0 Å². The molecular weight excluding hydrogens is 299 g/mol. The number of para-hydroxylation sites is 1. The van der Waals surface area contributed by atoms with E-state index in [1.165, 1.54) is 6.07 Å². The molecule has 1 aromatic heterocycles. The molecule has 5 nitrogen and oxygen atoms in total. The van der Waals surface area contributed by atoms with Crippen LogP contribution in [0.25, 0.3) is 21.9 Å². The van der Waals surface area contributed by atoms with Gasteiger partial charge >= 0.3 is 51.4 Å². The standard InChI is InChI=1S/C15H10O5.K/c16-14(17)8-19-9-5-6-13-11(7-9)15(18)10-3-1-2-4-12(10)20-13;/h1-7H,8H2,(H,16,17);/q;+1/p-1. The minimum absolute atomic E-state index is 0. The van der Waals surface area contributed by atoms with Gasteiger partial charge in [0.1, 0.15) is 23.5 Å². The second-order valence-corrected chi connectivity index (χ2v) is 4.25. The Hall–Kier alpha value is -1.18. The van der Waals surface area contributed by atoms with Gasteiger partial charge in [0.2, 0.25) is 5.43 Å². The van der Waals surface area contributed by atoms with Crippen LogP contribution in [0.15, 0.2) is 51.7 Å². The van der Waals surface area contributed by atoms with Gasteiger partial charge in [-0.3, -0.25) is 4.79 Å². The Morgan fingerprint density at radius 2 is 1.81 bits per heavy atom. The molecule has 0 atom stereocenters. The van der Waals surface area contributed by atoms with E-state index in [-0.39, 0.29) is 62.6 Å². The number of fused-ring (bicyclic) bond motifs is 2. The monoisotopic (exact) mass is 308 g/mol. The number of hydrogen-bond acceptors (Lipinski definition) is 5. The third-order valence-corrected chi connectivity index (χ3v) is 2.90. The average Bonchev–Trinajstić information content (AvgIpc) is 2.46. The molecule has 0 aliphatic rings. The molecule has 0 aliphatic heterocycles. The number of carbonyl (C=O) groups is 1. The fourth-order valence-corrected chi connectivity index (χ4v) is 2.01. The van der Waals surface area contributed by atoms with E-state index < -0.39 is 12.6 Å². The van der Waals surface area contributed by atoms with E-state index in [4.69, 9.17) is 9.15 Å². The first kappa shape index (κ1) is 16.2. The summed E-state index contributed by atoms with van der Waals surface area (Å²) in [6.07, 6.45) is 0. The molecule has 1 heterocycles. The second-order valence-electron chi connectivity index (χ2n) is 4.25. The fraction of sp³-hybridized carbons (Fsp3) is 0.0667. The number of carboxylic acids is 1. The summed E-state index contributed by atoms with van der Waals surface area (Å²) in [5.41, 5.74) is 0.753. The van der Waals surface area contributed by atoms with Crippen LogP contribution in [-0.4, -0.2) is 12.6 Å². The molecule has 0 unspecified atom stereocenters. The molecule has 0 fully saturated rings. The summed E-state index contributed by atoms with van der Waals surface area (Å²) in [5, 5.41) is 11.2. The van der Waals surface area contributed by atoms with Gasteiger partial charge in [-0.2, -0.15) is 0 Å². The van der Waals surface area contributed by atoms with Crippen molar-refractivity contribution in [2.75, 3.05) is 6.61 Å². The predicted molar refractivity (Wildman–Crippen MR) is 70.5 cm³/mol. The van der Waals surface area contributed by atoms with Gasteiger partial charge in [-0.15, -0.1) is 0 Å². The van der Waals surface area contributed by atoms with Crippen LogP contribution < -0.4 is 66.7 Å². The predicted octanol–water partition coefficient (Wildman–Crippen LogP) is -1.92. The van der Waals surface area contributed by atoms with Crippen LogP contribution in [0.3, 0.4) is 0 Å². The molecule has 0 spiro atoms. The molecule has 100 valence electrons. The minimum atomic E-state index is -1.32. The summed E-state index contributed by atoms with van der Waals surface area (Å²) in [7, 11) is 0. The van der Waals surface area contributed by atoms with E-state index in [0.29, 0.717) is 21.9 Å². The van der Waals surface area contributed by atoms with Crippen LogP contribution >= 0.6 is 0 Å². The Kier molecular flexibility index (Phi) is 5.18. The smallest absolute Gasteiger partial charge is 0.546 e. The second kappa shape index (κ2) is 6.72. The number of carboxylic acid groups (broad SMARTS) is 1. The van der Waals surface area contributed by atoms with Crippen LogP contribution in [-0.2, 0) is 4.79 Å². The largest absolute Gasteiger partial charge is 1.00 e. The number of rotatable bonds is 3. The van der Waals surface area contributed by atoms with Gasteiger partial charge in [-0.1, -0.05) is 12.1 Å². The van der Waals surface area contributed by atoms with Gasteiger partial charge in [0.15, 0.2) is 0 Å². The van der Waals surface area contributed by atoms with Crippen molar-refractivity contribution in [3.63, 3.8) is 0 Å². The van der Waals surface area contributed by atoms with Crippen molar-refractivity contribution in [3.8, 4) is 5.75 Å². The zero-order valence-corrected chi connectivity index (χ0v) is 14.4. The quantitative estimate of drug-likeness (QED) is 0.416. The molecule has 2 aromatic carbocycles. The normalized spacial score (nSPS) is 10.3. The van der Waals surface area contributed by atoms with E-state index in [1.54, 1.807) is 36.4 Å². The summed E-state index contributed by atoms with van der Waals surface area (Å²) in [6.45, 7) is -0.565. The maximum Gasteiger partial charge on any atom is 1.00 e. The summed E-state index contributed by atoms with van der Waals surface area (Å²) >= 11 is 0. The van der Waals surface area contributed by atoms with Crippen LogP contribution in [0.2, 0.25) is 0 Å². The molecule has 0 saturated carbocycles. The van der Waals surface area contributed by atoms with Gasteiger partial charge in [0.25, 0.3) is 0 Å². The summed E-state index contributed by atoms with van der Waals surface area (Å²) < 4.78 is 10.6. The molecule has 0 bridgehead atoms. The van der Waals surface area contributed by atoms with Crippen LogP contribution in [0.4, 0.5) is 0 Å². The molecule has 21 heavy (non-hydrogen) atoms. The average molecular weight is 308 g/mol. The van der Waals surface area contributed by atoms with Gasteiger partial charge in [0, 0.05) is 0 Å². The summed E-state index contributed by atoms with van der Waals surface area (Å²) in [4.78, 5) is 22.7. The molecule has 0 amide bonds. The molecule has 0 radical (unpaired) electrons. The van der Waals surface area contributed by atoms with Crippen molar-refractivity contribution >= 4 is 27.9 Å². The Morgan fingerprint density at radius 1 is 1.10 bits per heavy atom. The SMILES string of the molecule is O=C([O-])COc1ccc2oc3ccccc3c(=O)c2c1.[K+]. The maximum atomic E-state index is 12.3. The molecular formula is C15H9KO5. The zero-order valence-electron chi connectivity index (χ0n) is 11.3. The molecule has 0 saturated heterocycles. The minimum Gasteiger partial charge on any atom is -0.546 e. The number of ether oxygens (including phenoxy) is 1. The summed E-state index contributed by atoms with van der Waals surface area (Å²) in [6, 6.07) is 11.5. The van der Waals surface area contributed by atoms with Gasteiger partial charge in [-0.05, 0) is 30.3 Å².